The van der Waals surface area contributed by atoms with Gasteiger partial charge in [-0.1, -0.05) is 13.0 Å². The number of amides is 2. The zero-order valence-electron chi connectivity index (χ0n) is 11.1. The molecule has 0 spiro atoms. The van der Waals surface area contributed by atoms with E-state index in [1.807, 2.05) is 0 Å². The lowest BCUT2D eigenvalue weighted by Crippen LogP contribution is -2.29. The molecule has 0 saturated heterocycles. The molecule has 2 amide bonds. The molecule has 0 aromatic heterocycles. The van der Waals surface area contributed by atoms with Crippen LogP contribution < -0.4 is 10.6 Å². The van der Waals surface area contributed by atoms with E-state index >= 15 is 0 Å². The summed E-state index contributed by atoms with van der Waals surface area (Å²) in [5.74, 6) is -0.447. The largest absolute Gasteiger partial charge is 0.351 e. The Labute approximate surface area is 117 Å². The van der Waals surface area contributed by atoms with E-state index in [0.717, 1.165) is 5.56 Å². The van der Waals surface area contributed by atoms with Crippen molar-refractivity contribution in [3.8, 4) is 0 Å². The second-order valence-electron chi connectivity index (χ2n) is 4.59. The number of carbonyl (C=O) groups excluding carboxylic acids is 2. The molecule has 1 aliphatic rings. The molecule has 108 valence electrons. The maximum Gasteiger partial charge on any atom is 0.251 e. The molecule has 0 atom stereocenters. The van der Waals surface area contributed by atoms with Crippen molar-refractivity contribution in [3.05, 3.63) is 29.3 Å². The number of rotatable bonds is 5. The molecule has 2 rings (SSSR count). The van der Waals surface area contributed by atoms with Gasteiger partial charge >= 0.3 is 0 Å². The van der Waals surface area contributed by atoms with E-state index in [0.29, 0.717) is 17.7 Å². The number of hydrogen-bond acceptors (Lipinski definition) is 4. The van der Waals surface area contributed by atoms with Crippen LogP contribution in [0, 0.1) is 0 Å². The van der Waals surface area contributed by atoms with Crippen molar-refractivity contribution in [1.29, 1.82) is 0 Å². The molecule has 0 aliphatic carbocycles. The van der Waals surface area contributed by atoms with Crippen molar-refractivity contribution >= 4 is 27.3 Å². The van der Waals surface area contributed by atoms with E-state index in [1.54, 1.807) is 25.1 Å². The summed E-state index contributed by atoms with van der Waals surface area (Å²) in [5.41, 5.74) is 1.91. The smallest absolute Gasteiger partial charge is 0.251 e. The Morgan fingerprint density at radius 1 is 1.40 bits per heavy atom. The summed E-state index contributed by atoms with van der Waals surface area (Å²) in [7, 11) is -3.09. The monoisotopic (exact) mass is 296 g/mol. The molecular weight excluding hydrogens is 280 g/mol. The van der Waals surface area contributed by atoms with Crippen LogP contribution in [0.2, 0.25) is 0 Å². The van der Waals surface area contributed by atoms with E-state index in [2.05, 4.69) is 10.6 Å². The van der Waals surface area contributed by atoms with E-state index in [9.17, 15) is 18.0 Å². The van der Waals surface area contributed by atoms with Gasteiger partial charge in [0, 0.05) is 23.5 Å². The second-order valence-corrected chi connectivity index (χ2v) is 7.06. The average molecular weight is 296 g/mol. The van der Waals surface area contributed by atoms with Gasteiger partial charge in [-0.05, 0) is 17.7 Å². The molecular formula is C13H16N2O4S. The Hall–Kier alpha value is -1.89. The summed E-state index contributed by atoms with van der Waals surface area (Å²) in [6.45, 7) is 1.65. The van der Waals surface area contributed by atoms with Crippen molar-refractivity contribution in [1.82, 2.24) is 5.32 Å². The van der Waals surface area contributed by atoms with Crippen molar-refractivity contribution in [3.63, 3.8) is 0 Å². The fraction of sp³-hybridized carbons (Fsp3) is 0.385. The van der Waals surface area contributed by atoms with Crippen molar-refractivity contribution in [2.24, 2.45) is 0 Å². The van der Waals surface area contributed by atoms with Crippen molar-refractivity contribution < 1.29 is 18.0 Å². The maximum absolute atomic E-state index is 11.9. The summed E-state index contributed by atoms with van der Waals surface area (Å²) in [5, 5.41) is 5.23. The van der Waals surface area contributed by atoms with Crippen LogP contribution in [0.15, 0.2) is 18.2 Å². The van der Waals surface area contributed by atoms with Crippen LogP contribution in [0.5, 0.6) is 0 Å². The molecule has 0 fully saturated rings. The molecule has 1 heterocycles. The Morgan fingerprint density at radius 3 is 2.85 bits per heavy atom. The zero-order chi connectivity index (χ0) is 14.8. The third-order valence-corrected chi connectivity index (χ3v) is 4.84. The SMILES string of the molecule is CCS(=O)(=O)CCNC(=O)c1ccc2c(c1)NC(=O)C2. The van der Waals surface area contributed by atoms with E-state index in [1.165, 1.54) is 0 Å². The summed E-state index contributed by atoms with van der Waals surface area (Å²) in [6, 6.07) is 4.96. The lowest BCUT2D eigenvalue weighted by molar-refractivity contribution is -0.115. The van der Waals surface area contributed by atoms with Gasteiger partial charge < -0.3 is 10.6 Å². The topological polar surface area (TPSA) is 92.3 Å². The lowest BCUT2D eigenvalue weighted by Gasteiger charge is -2.07. The van der Waals surface area contributed by atoms with Crippen molar-refractivity contribution in [2.75, 3.05) is 23.4 Å². The minimum atomic E-state index is -3.09. The van der Waals surface area contributed by atoms with Gasteiger partial charge in [-0.15, -0.1) is 0 Å². The van der Waals surface area contributed by atoms with Gasteiger partial charge in [-0.2, -0.15) is 0 Å². The summed E-state index contributed by atoms with van der Waals surface area (Å²) in [6.07, 6.45) is 0.325. The van der Waals surface area contributed by atoms with Crippen LogP contribution in [0.1, 0.15) is 22.8 Å². The Balaban J connectivity index is 1.97. The highest BCUT2D eigenvalue weighted by molar-refractivity contribution is 7.91. The number of anilines is 1. The van der Waals surface area contributed by atoms with Gasteiger partial charge in [0.1, 0.15) is 0 Å². The molecule has 0 bridgehead atoms. The quantitative estimate of drug-likeness (QED) is 0.820. The highest BCUT2D eigenvalue weighted by Gasteiger charge is 2.19. The fourth-order valence-electron chi connectivity index (χ4n) is 1.92. The third kappa shape index (κ3) is 3.36. The van der Waals surface area contributed by atoms with Crippen molar-refractivity contribution in [2.45, 2.75) is 13.3 Å². The summed E-state index contributed by atoms with van der Waals surface area (Å²) < 4.78 is 22.6. The normalized spacial score (nSPS) is 13.8. The van der Waals surface area contributed by atoms with Gasteiger partial charge in [-0.3, -0.25) is 9.59 Å². The first-order valence-electron chi connectivity index (χ1n) is 6.32. The molecule has 2 N–H and O–H groups in total. The molecule has 20 heavy (non-hydrogen) atoms. The number of benzene rings is 1. The van der Waals surface area contributed by atoms with Crippen LogP contribution in [0.25, 0.3) is 0 Å². The van der Waals surface area contributed by atoms with Gasteiger partial charge in [0.05, 0.1) is 12.2 Å². The summed E-state index contributed by atoms with van der Waals surface area (Å²) >= 11 is 0. The minimum Gasteiger partial charge on any atom is -0.351 e. The molecule has 0 saturated carbocycles. The number of nitrogens with one attached hydrogen (secondary N) is 2. The summed E-state index contributed by atoms with van der Waals surface area (Å²) in [4.78, 5) is 23.1. The number of fused-ring (bicyclic) bond motifs is 1. The van der Waals surface area contributed by atoms with Crippen LogP contribution >= 0.6 is 0 Å². The highest BCUT2D eigenvalue weighted by atomic mass is 32.2. The average Bonchev–Trinajstić information content (AvgIpc) is 2.77. The molecule has 7 heteroatoms. The molecule has 0 unspecified atom stereocenters. The van der Waals surface area contributed by atoms with Gasteiger partial charge in [0.2, 0.25) is 5.91 Å². The first-order chi connectivity index (χ1) is 9.41. The standard InChI is InChI=1S/C13H16N2O4S/c1-2-20(18,19)6-5-14-13(17)10-4-3-9-8-12(16)15-11(9)7-10/h3-4,7H,2,5-6,8H2,1H3,(H,14,17)(H,15,16). The van der Waals surface area contributed by atoms with Gasteiger partial charge in [-0.25, -0.2) is 8.42 Å². The van der Waals surface area contributed by atoms with E-state index in [-0.39, 0.29) is 29.9 Å². The molecule has 1 aliphatic heterocycles. The lowest BCUT2D eigenvalue weighted by atomic mass is 10.1. The Kier molecular flexibility index (Phi) is 4.08. The molecule has 1 aromatic carbocycles. The van der Waals surface area contributed by atoms with Gasteiger partial charge in [0.25, 0.3) is 5.91 Å². The number of hydrogen-bond donors (Lipinski definition) is 2. The zero-order valence-corrected chi connectivity index (χ0v) is 11.9. The van der Waals surface area contributed by atoms with E-state index < -0.39 is 9.84 Å². The molecule has 6 nitrogen and oxygen atoms in total. The van der Waals surface area contributed by atoms with Gasteiger partial charge in [0.15, 0.2) is 9.84 Å². The predicted molar refractivity (Wildman–Crippen MR) is 75.4 cm³/mol. The minimum absolute atomic E-state index is 0.0632. The number of carbonyl (C=O) groups is 2. The van der Waals surface area contributed by atoms with Crippen LogP contribution in [-0.4, -0.2) is 38.3 Å². The third-order valence-electron chi connectivity index (χ3n) is 3.14. The highest BCUT2D eigenvalue weighted by Crippen LogP contribution is 2.23. The molecule has 1 aromatic rings. The fourth-order valence-corrected chi connectivity index (χ4v) is 2.62. The van der Waals surface area contributed by atoms with Crippen LogP contribution in [0.3, 0.4) is 0 Å². The van der Waals surface area contributed by atoms with Crippen LogP contribution in [0.4, 0.5) is 5.69 Å². The van der Waals surface area contributed by atoms with Crippen LogP contribution in [-0.2, 0) is 21.1 Å². The first-order valence-corrected chi connectivity index (χ1v) is 8.15. The Bertz CT molecular complexity index is 652. The number of sulfone groups is 1. The Morgan fingerprint density at radius 2 is 2.15 bits per heavy atom. The molecule has 0 radical (unpaired) electrons. The first kappa shape index (κ1) is 14.5. The second kappa shape index (κ2) is 5.62. The predicted octanol–water partition coefficient (Wildman–Crippen LogP) is 0.346. The maximum atomic E-state index is 11.9. The van der Waals surface area contributed by atoms with E-state index in [4.69, 9.17) is 0 Å².